The molecule has 1 aromatic heterocycles. The number of nitrogens with zero attached hydrogens (tertiary/aromatic N) is 4. The van der Waals surface area contributed by atoms with Crippen molar-refractivity contribution in [2.45, 2.75) is 26.1 Å². The molecular weight excluding hydrogens is 416 g/mol. The highest BCUT2D eigenvalue weighted by atomic mass is 35.5. The molecule has 3 rings (SSSR count). The zero-order valence-electron chi connectivity index (χ0n) is 15.3. The number of rotatable bonds is 3. The van der Waals surface area contributed by atoms with E-state index in [1.54, 1.807) is 17.0 Å². The van der Waals surface area contributed by atoms with Crippen LogP contribution in [0.3, 0.4) is 0 Å². The minimum atomic E-state index is -4.67. The van der Waals surface area contributed by atoms with Gasteiger partial charge in [-0.2, -0.15) is 18.3 Å². The largest absolute Gasteiger partial charge is 0.436 e. The quantitative estimate of drug-likeness (QED) is 0.717. The third kappa shape index (κ3) is 4.07. The number of halogens is 5. The van der Waals surface area contributed by atoms with E-state index in [1.807, 2.05) is 12.1 Å². The summed E-state index contributed by atoms with van der Waals surface area (Å²) < 4.78 is 40.1. The summed E-state index contributed by atoms with van der Waals surface area (Å²) in [6.45, 7) is 5.12. The van der Waals surface area contributed by atoms with Crippen molar-refractivity contribution >= 4 is 34.8 Å². The maximum atomic E-state index is 13.0. The van der Waals surface area contributed by atoms with E-state index in [0.717, 1.165) is 10.4 Å². The van der Waals surface area contributed by atoms with Crippen LogP contribution in [0.1, 0.15) is 24.4 Å². The highest BCUT2D eigenvalue weighted by Gasteiger charge is 2.39. The highest BCUT2D eigenvalue weighted by Crippen LogP contribution is 2.36. The van der Waals surface area contributed by atoms with Crippen LogP contribution in [0, 0.1) is 6.92 Å². The van der Waals surface area contributed by atoms with Crippen LogP contribution in [0.15, 0.2) is 24.3 Å². The lowest BCUT2D eigenvalue weighted by Crippen LogP contribution is -2.50. The second-order valence-corrected chi connectivity index (χ2v) is 7.47. The van der Waals surface area contributed by atoms with Crippen LogP contribution in [-0.2, 0) is 11.0 Å². The van der Waals surface area contributed by atoms with Gasteiger partial charge in [0.25, 0.3) is 0 Å². The van der Waals surface area contributed by atoms with Gasteiger partial charge in [0, 0.05) is 36.9 Å². The number of carbonyl (C=O) groups excluding carboxylic acids is 1. The Labute approximate surface area is 170 Å². The minimum Gasteiger partial charge on any atom is -0.368 e. The predicted octanol–water partition coefficient (Wildman–Crippen LogP) is 4.43. The maximum absolute atomic E-state index is 13.0. The molecule has 1 unspecified atom stereocenters. The molecule has 1 fully saturated rings. The summed E-state index contributed by atoms with van der Waals surface area (Å²) in [5, 5.41) is 3.73. The molecule has 1 aliphatic heterocycles. The summed E-state index contributed by atoms with van der Waals surface area (Å²) in [6, 6.07) is 6.56. The molecule has 28 heavy (non-hydrogen) atoms. The monoisotopic (exact) mass is 434 g/mol. The zero-order valence-corrected chi connectivity index (χ0v) is 16.8. The number of carbonyl (C=O) groups is 1. The fourth-order valence-corrected chi connectivity index (χ4v) is 3.62. The molecular formula is C18H19Cl2F3N4O. The number of hydrogen-bond donors (Lipinski definition) is 0. The number of benzene rings is 1. The lowest BCUT2D eigenvalue weighted by atomic mass is 10.2. The van der Waals surface area contributed by atoms with Crippen molar-refractivity contribution in [1.29, 1.82) is 0 Å². The normalized spacial score (nSPS) is 16.4. The van der Waals surface area contributed by atoms with E-state index in [4.69, 9.17) is 23.2 Å². The van der Waals surface area contributed by atoms with Gasteiger partial charge in [0.05, 0.1) is 10.7 Å². The Kier molecular flexibility index (Phi) is 5.82. The van der Waals surface area contributed by atoms with E-state index >= 15 is 0 Å². The van der Waals surface area contributed by atoms with Crippen LogP contribution in [0.25, 0.3) is 0 Å². The molecule has 0 aliphatic carbocycles. The molecule has 152 valence electrons. The van der Waals surface area contributed by atoms with Crippen LogP contribution in [-0.4, -0.2) is 46.8 Å². The number of aromatic nitrogens is 2. The molecule has 0 spiro atoms. The highest BCUT2D eigenvalue weighted by molar-refractivity contribution is 6.32. The van der Waals surface area contributed by atoms with Crippen molar-refractivity contribution in [1.82, 2.24) is 14.7 Å². The van der Waals surface area contributed by atoms with E-state index in [-0.39, 0.29) is 11.6 Å². The third-order valence-electron chi connectivity index (χ3n) is 4.85. The molecule has 1 aromatic carbocycles. The maximum Gasteiger partial charge on any atom is 0.436 e. The van der Waals surface area contributed by atoms with Gasteiger partial charge in [-0.1, -0.05) is 23.2 Å². The standard InChI is InChI=1S/C18H19Cl2F3N4O/c1-11-15(20)16(18(21,22)23)24-27(11)12(2)17(28)26-9-7-25(8-10-26)14-5-3-13(19)4-6-14/h3-6,12H,7-10H2,1-2H3. The molecule has 0 radical (unpaired) electrons. The summed E-state index contributed by atoms with van der Waals surface area (Å²) in [4.78, 5) is 16.6. The first-order chi connectivity index (χ1) is 13.1. The van der Waals surface area contributed by atoms with Gasteiger partial charge in [-0.05, 0) is 38.1 Å². The Bertz CT molecular complexity index is 859. The first-order valence-electron chi connectivity index (χ1n) is 8.70. The second-order valence-electron chi connectivity index (χ2n) is 6.66. The average molecular weight is 435 g/mol. The molecule has 10 heteroatoms. The average Bonchev–Trinajstić information content (AvgIpc) is 2.97. The first-order valence-corrected chi connectivity index (χ1v) is 9.46. The van der Waals surface area contributed by atoms with E-state index in [1.165, 1.54) is 13.8 Å². The molecule has 2 aromatic rings. The van der Waals surface area contributed by atoms with Crippen molar-refractivity contribution in [2.24, 2.45) is 0 Å². The van der Waals surface area contributed by atoms with Gasteiger partial charge in [-0.25, -0.2) is 0 Å². The van der Waals surface area contributed by atoms with E-state index in [9.17, 15) is 18.0 Å². The topological polar surface area (TPSA) is 41.4 Å². The zero-order chi connectivity index (χ0) is 20.6. The summed E-state index contributed by atoms with van der Waals surface area (Å²) in [6.07, 6.45) is -4.67. The Balaban J connectivity index is 1.69. The Hall–Kier alpha value is -1.93. The molecule has 2 heterocycles. The second kappa shape index (κ2) is 7.83. The van der Waals surface area contributed by atoms with Gasteiger partial charge in [-0.15, -0.1) is 0 Å². The number of alkyl halides is 3. The molecule has 5 nitrogen and oxygen atoms in total. The van der Waals surface area contributed by atoms with Crippen molar-refractivity contribution in [3.05, 3.63) is 45.7 Å². The molecule has 0 bridgehead atoms. The molecule has 0 N–H and O–H groups in total. The van der Waals surface area contributed by atoms with Crippen molar-refractivity contribution < 1.29 is 18.0 Å². The summed E-state index contributed by atoms with van der Waals surface area (Å²) in [7, 11) is 0. The van der Waals surface area contributed by atoms with Crippen LogP contribution in [0.2, 0.25) is 10.0 Å². The number of piperazine rings is 1. The van der Waals surface area contributed by atoms with E-state index < -0.39 is 22.9 Å². The van der Waals surface area contributed by atoms with Gasteiger partial charge in [-0.3, -0.25) is 9.48 Å². The van der Waals surface area contributed by atoms with Crippen molar-refractivity contribution in [2.75, 3.05) is 31.1 Å². The number of hydrogen-bond acceptors (Lipinski definition) is 3. The summed E-state index contributed by atoms with van der Waals surface area (Å²) in [5.41, 5.74) is -0.0393. The molecule has 1 amide bonds. The van der Waals surface area contributed by atoms with Gasteiger partial charge in [0.1, 0.15) is 6.04 Å². The molecule has 1 aliphatic rings. The van der Waals surface area contributed by atoms with Crippen LogP contribution in [0.4, 0.5) is 18.9 Å². The van der Waals surface area contributed by atoms with Gasteiger partial charge in [0.2, 0.25) is 5.91 Å². The van der Waals surface area contributed by atoms with Crippen molar-refractivity contribution in [3.63, 3.8) is 0 Å². The van der Waals surface area contributed by atoms with Crippen LogP contribution >= 0.6 is 23.2 Å². The fraction of sp³-hybridized carbons (Fsp3) is 0.444. The predicted molar refractivity (Wildman–Crippen MR) is 102 cm³/mol. The number of anilines is 1. The van der Waals surface area contributed by atoms with Gasteiger partial charge in [0.15, 0.2) is 5.69 Å². The van der Waals surface area contributed by atoms with Crippen LogP contribution in [0.5, 0.6) is 0 Å². The van der Waals surface area contributed by atoms with Gasteiger partial charge >= 0.3 is 6.18 Å². The van der Waals surface area contributed by atoms with Crippen LogP contribution < -0.4 is 4.90 Å². The summed E-state index contributed by atoms with van der Waals surface area (Å²) >= 11 is 11.7. The smallest absolute Gasteiger partial charge is 0.368 e. The molecule has 1 atom stereocenters. The Morgan fingerprint density at radius 2 is 1.68 bits per heavy atom. The Morgan fingerprint density at radius 3 is 2.18 bits per heavy atom. The number of amides is 1. The fourth-order valence-electron chi connectivity index (χ4n) is 3.26. The lowest BCUT2D eigenvalue weighted by molar-refractivity contribution is -0.142. The van der Waals surface area contributed by atoms with E-state index in [2.05, 4.69) is 10.00 Å². The minimum absolute atomic E-state index is 0.120. The third-order valence-corrected chi connectivity index (χ3v) is 5.56. The lowest BCUT2D eigenvalue weighted by Gasteiger charge is -2.37. The Morgan fingerprint density at radius 1 is 1.11 bits per heavy atom. The molecule has 1 saturated heterocycles. The molecule has 0 saturated carbocycles. The SMILES string of the molecule is Cc1c(Cl)c(C(F)(F)F)nn1C(C)C(=O)N1CCN(c2ccc(Cl)cc2)CC1. The van der Waals surface area contributed by atoms with Gasteiger partial charge < -0.3 is 9.80 Å². The van der Waals surface area contributed by atoms with Crippen molar-refractivity contribution in [3.8, 4) is 0 Å². The van der Waals surface area contributed by atoms with E-state index in [0.29, 0.717) is 31.2 Å². The first kappa shape index (κ1) is 20.8. The summed E-state index contributed by atoms with van der Waals surface area (Å²) in [5.74, 6) is -0.285.